The predicted octanol–water partition coefficient (Wildman–Crippen LogP) is 3.79. The third-order valence-corrected chi connectivity index (χ3v) is 6.12. The van der Waals surface area contributed by atoms with Crippen LogP contribution in [-0.2, 0) is 14.3 Å². The molecule has 2 amide bonds. The van der Waals surface area contributed by atoms with E-state index in [0.717, 1.165) is 21.8 Å². The Bertz CT molecular complexity index is 1110. The van der Waals surface area contributed by atoms with Gasteiger partial charge >= 0.3 is 5.97 Å². The number of carbonyl (C=O) groups is 3. The average molecular weight is 467 g/mol. The molecule has 1 heterocycles. The lowest BCUT2D eigenvalue weighted by molar-refractivity contribution is -0.144. The van der Waals surface area contributed by atoms with E-state index in [1.54, 1.807) is 24.3 Å². The van der Waals surface area contributed by atoms with Gasteiger partial charge in [-0.1, -0.05) is 42.5 Å². The number of aryl methyl sites for hydroxylation is 2. The van der Waals surface area contributed by atoms with E-state index in [1.165, 1.54) is 11.8 Å². The number of hydrogen-bond acceptors (Lipinski definition) is 6. The van der Waals surface area contributed by atoms with Crippen LogP contribution >= 0.6 is 11.8 Å². The van der Waals surface area contributed by atoms with E-state index in [2.05, 4.69) is 20.8 Å². The fourth-order valence-corrected chi connectivity index (χ4v) is 4.01. The number of esters is 1. The summed E-state index contributed by atoms with van der Waals surface area (Å²) in [7, 11) is 0. The Morgan fingerprint density at radius 2 is 1.76 bits per heavy atom. The van der Waals surface area contributed by atoms with Crippen LogP contribution in [0.5, 0.6) is 0 Å². The highest BCUT2D eigenvalue weighted by molar-refractivity contribution is 8.00. The lowest BCUT2D eigenvalue weighted by atomic mass is 10.1. The van der Waals surface area contributed by atoms with E-state index in [4.69, 9.17) is 4.74 Å². The van der Waals surface area contributed by atoms with Crippen LogP contribution in [-0.4, -0.2) is 40.3 Å². The van der Waals surface area contributed by atoms with Gasteiger partial charge in [-0.2, -0.15) is 5.10 Å². The molecule has 3 rings (SSSR count). The second-order valence-electron chi connectivity index (χ2n) is 7.41. The number of aromatic amines is 1. The van der Waals surface area contributed by atoms with Crippen molar-refractivity contribution in [2.45, 2.75) is 31.7 Å². The Hall–Kier alpha value is -3.59. The summed E-state index contributed by atoms with van der Waals surface area (Å²) in [6, 6.07) is 16.1. The first kappa shape index (κ1) is 24.1. The first-order valence-electron chi connectivity index (χ1n) is 10.4. The Morgan fingerprint density at radius 1 is 1.06 bits per heavy atom. The minimum atomic E-state index is -0.527. The monoisotopic (exact) mass is 466 g/mol. The molecule has 0 spiro atoms. The molecule has 0 fully saturated rings. The topological polar surface area (TPSA) is 113 Å². The second kappa shape index (κ2) is 11.3. The van der Waals surface area contributed by atoms with E-state index >= 15 is 0 Å². The van der Waals surface area contributed by atoms with E-state index in [0.29, 0.717) is 11.3 Å². The summed E-state index contributed by atoms with van der Waals surface area (Å²) < 4.78 is 5.07. The van der Waals surface area contributed by atoms with Crippen molar-refractivity contribution in [1.29, 1.82) is 0 Å². The van der Waals surface area contributed by atoms with Crippen molar-refractivity contribution in [3.05, 3.63) is 77.1 Å². The van der Waals surface area contributed by atoms with Crippen LogP contribution in [0.3, 0.4) is 0 Å². The van der Waals surface area contributed by atoms with Gasteiger partial charge in [0.05, 0.1) is 33.6 Å². The van der Waals surface area contributed by atoms with Crippen LogP contribution in [0.25, 0.3) is 0 Å². The minimum Gasteiger partial charge on any atom is -0.455 e. The molecule has 0 aliphatic carbocycles. The third-order valence-electron chi connectivity index (χ3n) is 4.85. The Morgan fingerprint density at radius 3 is 2.45 bits per heavy atom. The Labute approximate surface area is 196 Å². The van der Waals surface area contributed by atoms with E-state index < -0.39 is 18.5 Å². The van der Waals surface area contributed by atoms with Gasteiger partial charge in [0.1, 0.15) is 0 Å². The van der Waals surface area contributed by atoms with Crippen molar-refractivity contribution >= 4 is 35.2 Å². The molecule has 3 N–H and O–H groups in total. The number of anilines is 1. The maximum atomic E-state index is 12.8. The molecule has 0 bridgehead atoms. The van der Waals surface area contributed by atoms with Crippen molar-refractivity contribution < 1.29 is 19.1 Å². The molecule has 0 saturated carbocycles. The summed E-state index contributed by atoms with van der Waals surface area (Å²) in [5.41, 5.74) is 3.31. The van der Waals surface area contributed by atoms with E-state index in [-0.39, 0.29) is 17.7 Å². The summed E-state index contributed by atoms with van der Waals surface area (Å²) in [4.78, 5) is 38.0. The summed E-state index contributed by atoms with van der Waals surface area (Å²) in [5, 5.41) is 12.5. The number of benzene rings is 2. The average Bonchev–Trinajstić information content (AvgIpc) is 3.14. The Balaban J connectivity index is 1.52. The van der Waals surface area contributed by atoms with E-state index in [9.17, 15) is 14.4 Å². The smallest absolute Gasteiger partial charge is 0.316 e. The quantitative estimate of drug-likeness (QED) is 0.327. The van der Waals surface area contributed by atoms with Crippen molar-refractivity contribution in [2.24, 2.45) is 0 Å². The van der Waals surface area contributed by atoms with Crippen LogP contribution in [0, 0.1) is 13.8 Å². The van der Waals surface area contributed by atoms with E-state index in [1.807, 2.05) is 51.1 Å². The van der Waals surface area contributed by atoms with Crippen LogP contribution in [0.4, 0.5) is 5.69 Å². The Kier molecular flexibility index (Phi) is 8.26. The van der Waals surface area contributed by atoms with Gasteiger partial charge in [0.15, 0.2) is 6.61 Å². The lowest BCUT2D eigenvalue weighted by Crippen LogP contribution is -2.28. The third kappa shape index (κ3) is 6.69. The maximum absolute atomic E-state index is 12.8. The molecular formula is C24H26N4O4S. The molecule has 8 nitrogen and oxygen atoms in total. The van der Waals surface area contributed by atoms with Gasteiger partial charge in [0, 0.05) is 5.69 Å². The zero-order chi connectivity index (χ0) is 23.8. The predicted molar refractivity (Wildman–Crippen MR) is 127 cm³/mol. The van der Waals surface area contributed by atoms with Gasteiger partial charge in [-0.15, -0.1) is 11.8 Å². The SMILES string of the molecule is Cc1n[nH]c(C)c1SCC(=O)OCC(=O)Nc1ccccc1C(=O)N[C@@H](C)c1ccccc1. The van der Waals surface area contributed by atoms with Crippen LogP contribution in [0.1, 0.15) is 40.3 Å². The summed E-state index contributed by atoms with van der Waals surface area (Å²) >= 11 is 1.30. The molecular weight excluding hydrogens is 440 g/mol. The number of rotatable bonds is 9. The van der Waals surface area contributed by atoms with Crippen molar-refractivity contribution in [1.82, 2.24) is 15.5 Å². The number of thioether (sulfide) groups is 1. The van der Waals surface area contributed by atoms with Gasteiger partial charge in [-0.05, 0) is 38.5 Å². The van der Waals surface area contributed by atoms with Crippen molar-refractivity contribution in [2.75, 3.05) is 17.7 Å². The van der Waals surface area contributed by atoms with Gasteiger partial charge in [-0.25, -0.2) is 0 Å². The molecule has 9 heteroatoms. The summed E-state index contributed by atoms with van der Waals surface area (Å²) in [6.45, 7) is 5.16. The summed E-state index contributed by atoms with van der Waals surface area (Å²) in [5.74, 6) is -1.30. The number of H-pyrrole nitrogens is 1. The van der Waals surface area contributed by atoms with Crippen LogP contribution in [0.15, 0.2) is 59.5 Å². The highest BCUT2D eigenvalue weighted by Gasteiger charge is 2.17. The van der Waals surface area contributed by atoms with Gasteiger partial charge in [0.25, 0.3) is 11.8 Å². The summed E-state index contributed by atoms with van der Waals surface area (Å²) in [6.07, 6.45) is 0. The number of ether oxygens (including phenoxy) is 1. The molecule has 0 saturated heterocycles. The van der Waals surface area contributed by atoms with Gasteiger partial charge < -0.3 is 15.4 Å². The fraction of sp³-hybridized carbons (Fsp3) is 0.250. The van der Waals surface area contributed by atoms with Gasteiger partial charge in [-0.3, -0.25) is 19.5 Å². The zero-order valence-electron chi connectivity index (χ0n) is 18.7. The lowest BCUT2D eigenvalue weighted by Gasteiger charge is -2.16. The van der Waals surface area contributed by atoms with Crippen LogP contribution < -0.4 is 10.6 Å². The zero-order valence-corrected chi connectivity index (χ0v) is 19.5. The highest BCUT2D eigenvalue weighted by atomic mass is 32.2. The minimum absolute atomic E-state index is 0.0604. The normalized spacial score (nSPS) is 11.5. The van der Waals surface area contributed by atoms with Crippen molar-refractivity contribution in [3.63, 3.8) is 0 Å². The molecule has 1 atom stereocenters. The number of amides is 2. The van der Waals surface area contributed by atoms with Crippen molar-refractivity contribution in [3.8, 4) is 0 Å². The van der Waals surface area contributed by atoms with Crippen LogP contribution in [0.2, 0.25) is 0 Å². The molecule has 1 aromatic heterocycles. The standard InChI is InChI=1S/C24H26N4O4S/c1-15(18-9-5-4-6-10-18)25-24(31)19-11-7-8-12-20(19)26-21(29)13-32-22(30)14-33-23-16(2)27-28-17(23)3/h4-12,15H,13-14H2,1-3H3,(H,25,31)(H,26,29)(H,27,28)/t15-/m0/s1. The molecule has 2 aromatic carbocycles. The number of nitrogens with one attached hydrogen (secondary N) is 3. The number of nitrogens with zero attached hydrogens (tertiary/aromatic N) is 1. The maximum Gasteiger partial charge on any atom is 0.316 e. The molecule has 0 aliphatic rings. The second-order valence-corrected chi connectivity index (χ2v) is 8.40. The number of para-hydroxylation sites is 1. The fourth-order valence-electron chi connectivity index (χ4n) is 3.15. The first-order chi connectivity index (χ1) is 15.8. The largest absolute Gasteiger partial charge is 0.455 e. The molecule has 0 aliphatic heterocycles. The number of carbonyl (C=O) groups excluding carboxylic acids is 3. The number of hydrogen-bond donors (Lipinski definition) is 3. The first-order valence-corrected chi connectivity index (χ1v) is 11.4. The molecule has 0 unspecified atom stereocenters. The molecule has 0 radical (unpaired) electrons. The molecule has 172 valence electrons. The molecule has 33 heavy (non-hydrogen) atoms. The van der Waals surface area contributed by atoms with Gasteiger partial charge in [0.2, 0.25) is 0 Å². The molecule has 3 aromatic rings. The number of aromatic nitrogens is 2. The highest BCUT2D eigenvalue weighted by Crippen LogP contribution is 2.24.